The topological polar surface area (TPSA) is 66.5 Å². The van der Waals surface area contributed by atoms with E-state index >= 15 is 0 Å². The molecule has 1 amide bonds. The van der Waals surface area contributed by atoms with Gasteiger partial charge in [0.05, 0.1) is 4.90 Å². The Balaban J connectivity index is 1.66. The van der Waals surface area contributed by atoms with Crippen molar-refractivity contribution in [1.82, 2.24) is 9.62 Å². The van der Waals surface area contributed by atoms with Crippen molar-refractivity contribution in [3.63, 3.8) is 0 Å². The number of halogens is 1. The summed E-state index contributed by atoms with van der Waals surface area (Å²) in [7, 11) is -2.04. The summed E-state index contributed by atoms with van der Waals surface area (Å²) >= 11 is 0. The predicted molar refractivity (Wildman–Crippen MR) is 111 cm³/mol. The predicted octanol–water partition coefficient (Wildman–Crippen LogP) is 3.75. The molecule has 0 aromatic heterocycles. The number of hydrogen-bond acceptors (Lipinski definition) is 3. The zero-order chi connectivity index (χ0) is 20.9. The number of sulfonamides is 1. The highest BCUT2D eigenvalue weighted by Gasteiger charge is 2.29. The van der Waals surface area contributed by atoms with Crippen LogP contribution in [0.25, 0.3) is 0 Å². The fourth-order valence-electron chi connectivity index (χ4n) is 3.72. The maximum Gasteiger partial charge on any atom is 0.251 e. The third-order valence-electron chi connectivity index (χ3n) is 5.50. The molecule has 5 nitrogen and oxygen atoms in total. The Morgan fingerprint density at radius 2 is 1.83 bits per heavy atom. The second-order valence-corrected chi connectivity index (χ2v) is 9.44. The van der Waals surface area contributed by atoms with Crippen LogP contribution in [0, 0.1) is 5.82 Å². The summed E-state index contributed by atoms with van der Waals surface area (Å²) in [6, 6.07) is 12.5. The van der Waals surface area contributed by atoms with Crippen LogP contribution >= 0.6 is 0 Å². The molecule has 3 rings (SSSR count). The molecule has 1 aliphatic rings. The quantitative estimate of drug-likeness (QED) is 0.745. The number of amides is 1. The number of carbonyl (C=O) groups excluding carboxylic acids is 1. The van der Waals surface area contributed by atoms with E-state index in [0.29, 0.717) is 12.0 Å². The van der Waals surface area contributed by atoms with Crippen LogP contribution in [0.15, 0.2) is 53.4 Å². The molecular weight excluding hydrogens is 391 g/mol. The first-order chi connectivity index (χ1) is 13.9. The Bertz CT molecular complexity index is 956. The van der Waals surface area contributed by atoms with E-state index in [1.54, 1.807) is 37.4 Å². The van der Waals surface area contributed by atoms with Gasteiger partial charge in [-0.25, -0.2) is 12.8 Å². The molecule has 1 N–H and O–H groups in total. The van der Waals surface area contributed by atoms with Gasteiger partial charge in [-0.05, 0) is 49.1 Å². The highest BCUT2D eigenvalue weighted by Crippen LogP contribution is 2.26. The second kappa shape index (κ2) is 9.50. The smallest absolute Gasteiger partial charge is 0.251 e. The highest BCUT2D eigenvalue weighted by molar-refractivity contribution is 7.89. The monoisotopic (exact) mass is 418 g/mol. The van der Waals surface area contributed by atoms with E-state index in [4.69, 9.17) is 0 Å². The van der Waals surface area contributed by atoms with Crippen LogP contribution in [0.3, 0.4) is 0 Å². The van der Waals surface area contributed by atoms with Crippen LogP contribution in [0.1, 0.15) is 48.0 Å². The lowest BCUT2D eigenvalue weighted by atomic mass is 9.96. The Hall–Kier alpha value is -2.25. The number of carbonyl (C=O) groups is 1. The van der Waals surface area contributed by atoms with Gasteiger partial charge in [-0.15, -0.1) is 0 Å². The van der Waals surface area contributed by atoms with E-state index in [0.717, 1.165) is 32.1 Å². The second-order valence-electron chi connectivity index (χ2n) is 7.44. The van der Waals surface area contributed by atoms with Crippen molar-refractivity contribution >= 4 is 15.9 Å². The first-order valence-electron chi connectivity index (χ1n) is 9.99. The number of rotatable bonds is 7. The van der Waals surface area contributed by atoms with Crippen molar-refractivity contribution in [2.24, 2.45) is 0 Å². The lowest BCUT2D eigenvalue weighted by Gasteiger charge is -2.30. The molecule has 2 aromatic carbocycles. The Kier molecular flexibility index (Phi) is 7.03. The molecule has 0 spiro atoms. The van der Waals surface area contributed by atoms with E-state index in [9.17, 15) is 17.6 Å². The van der Waals surface area contributed by atoms with Crippen molar-refractivity contribution in [2.75, 3.05) is 13.6 Å². The number of nitrogens with one attached hydrogen (secondary N) is 1. The van der Waals surface area contributed by atoms with Crippen molar-refractivity contribution in [3.8, 4) is 0 Å². The SMILES string of the molecule is CN(C1CCCCC1)S(=O)(=O)c1cccc(C(=O)NCCc2ccccc2F)c1. The summed E-state index contributed by atoms with van der Waals surface area (Å²) in [4.78, 5) is 12.6. The van der Waals surface area contributed by atoms with Gasteiger partial charge in [0.2, 0.25) is 10.0 Å². The third kappa shape index (κ3) is 5.22. The molecule has 0 saturated heterocycles. The Morgan fingerprint density at radius 1 is 1.10 bits per heavy atom. The molecule has 2 aromatic rings. The summed E-state index contributed by atoms with van der Waals surface area (Å²) in [5, 5.41) is 2.73. The Morgan fingerprint density at radius 3 is 2.55 bits per heavy atom. The number of benzene rings is 2. The largest absolute Gasteiger partial charge is 0.352 e. The molecule has 156 valence electrons. The van der Waals surface area contributed by atoms with Gasteiger partial charge in [0, 0.05) is 25.2 Å². The van der Waals surface area contributed by atoms with Crippen molar-refractivity contribution in [1.29, 1.82) is 0 Å². The van der Waals surface area contributed by atoms with Gasteiger partial charge in [-0.2, -0.15) is 4.31 Å². The fourth-order valence-corrected chi connectivity index (χ4v) is 5.18. The van der Waals surface area contributed by atoms with Crippen LogP contribution < -0.4 is 5.32 Å². The number of hydrogen-bond donors (Lipinski definition) is 1. The maximum atomic E-state index is 13.7. The molecule has 0 unspecified atom stereocenters. The van der Waals surface area contributed by atoms with Crippen molar-refractivity contribution < 1.29 is 17.6 Å². The molecule has 0 aliphatic heterocycles. The minimum atomic E-state index is -3.66. The van der Waals surface area contributed by atoms with Gasteiger partial charge in [0.25, 0.3) is 5.91 Å². The average Bonchev–Trinajstić information content (AvgIpc) is 2.75. The normalized spacial score (nSPS) is 15.4. The summed E-state index contributed by atoms with van der Waals surface area (Å²) in [5.41, 5.74) is 0.801. The summed E-state index contributed by atoms with van der Waals surface area (Å²) < 4.78 is 41.1. The molecular formula is C22H27FN2O3S. The van der Waals surface area contributed by atoms with Crippen LogP contribution in [-0.2, 0) is 16.4 Å². The van der Waals surface area contributed by atoms with Gasteiger partial charge in [-0.1, -0.05) is 43.5 Å². The van der Waals surface area contributed by atoms with Crippen molar-refractivity contribution in [3.05, 3.63) is 65.5 Å². The highest BCUT2D eigenvalue weighted by atomic mass is 32.2. The first-order valence-corrected chi connectivity index (χ1v) is 11.4. The molecule has 7 heteroatoms. The average molecular weight is 419 g/mol. The minimum Gasteiger partial charge on any atom is -0.352 e. The molecule has 0 bridgehead atoms. The molecule has 0 atom stereocenters. The van der Waals surface area contributed by atoms with Crippen LogP contribution in [-0.4, -0.2) is 38.3 Å². The van der Waals surface area contributed by atoms with Crippen molar-refractivity contribution in [2.45, 2.75) is 49.5 Å². The number of nitrogens with zero attached hydrogens (tertiary/aromatic N) is 1. The Labute approximate surface area is 172 Å². The molecule has 1 fully saturated rings. The van der Waals surface area contributed by atoms with Crippen LogP contribution in [0.2, 0.25) is 0 Å². The first kappa shape index (κ1) is 21.5. The molecule has 1 saturated carbocycles. The zero-order valence-corrected chi connectivity index (χ0v) is 17.4. The van der Waals surface area contributed by atoms with Crippen LogP contribution in [0.4, 0.5) is 4.39 Å². The minimum absolute atomic E-state index is 0.00648. The van der Waals surface area contributed by atoms with E-state index in [2.05, 4.69) is 5.32 Å². The maximum absolute atomic E-state index is 13.7. The van der Waals surface area contributed by atoms with E-state index in [1.165, 1.54) is 22.5 Å². The van der Waals surface area contributed by atoms with Gasteiger partial charge in [0.1, 0.15) is 5.82 Å². The summed E-state index contributed by atoms with van der Waals surface area (Å²) in [6.45, 7) is 0.263. The van der Waals surface area contributed by atoms with Gasteiger partial charge in [-0.3, -0.25) is 4.79 Å². The van der Waals surface area contributed by atoms with E-state index < -0.39 is 10.0 Å². The lowest BCUT2D eigenvalue weighted by Crippen LogP contribution is -2.38. The molecule has 0 heterocycles. The summed E-state index contributed by atoms with van der Waals surface area (Å²) in [6.07, 6.45) is 5.32. The lowest BCUT2D eigenvalue weighted by molar-refractivity contribution is 0.0954. The van der Waals surface area contributed by atoms with Gasteiger partial charge >= 0.3 is 0 Å². The van der Waals surface area contributed by atoms with Crippen LogP contribution in [0.5, 0.6) is 0 Å². The van der Waals surface area contributed by atoms with E-state index in [-0.39, 0.29) is 34.8 Å². The van der Waals surface area contributed by atoms with Gasteiger partial charge in [0.15, 0.2) is 0 Å². The third-order valence-corrected chi connectivity index (χ3v) is 7.41. The molecule has 0 radical (unpaired) electrons. The molecule has 29 heavy (non-hydrogen) atoms. The molecule has 1 aliphatic carbocycles. The van der Waals surface area contributed by atoms with E-state index in [1.807, 2.05) is 0 Å². The summed E-state index contributed by atoms with van der Waals surface area (Å²) in [5.74, 6) is -0.681. The van der Waals surface area contributed by atoms with Gasteiger partial charge < -0.3 is 5.32 Å². The zero-order valence-electron chi connectivity index (χ0n) is 16.6. The fraction of sp³-hybridized carbons (Fsp3) is 0.409. The standard InChI is InChI=1S/C22H27FN2O3S/c1-25(19-10-3-2-4-11-19)29(27,28)20-12-7-9-18(16-20)22(26)24-15-14-17-8-5-6-13-21(17)23/h5-9,12-13,16,19H,2-4,10-11,14-15H2,1H3,(H,24,26).